The smallest absolute Gasteiger partial charge is 0.319 e. The van der Waals surface area contributed by atoms with Gasteiger partial charge in [-0.2, -0.15) is 0 Å². The van der Waals surface area contributed by atoms with Crippen LogP contribution >= 0.6 is 0 Å². The molecule has 0 aliphatic carbocycles. The fraction of sp³-hybridized carbons (Fsp3) is 0.429. The third kappa shape index (κ3) is 5.42. The van der Waals surface area contributed by atoms with Gasteiger partial charge >= 0.3 is 6.03 Å². The molecular formula is C14H21N3O2. The van der Waals surface area contributed by atoms with Crippen molar-refractivity contribution in [1.82, 2.24) is 10.6 Å². The number of carbonyl (C=O) groups is 2. The minimum Gasteiger partial charge on any atom is -0.354 e. The molecule has 104 valence electrons. The van der Waals surface area contributed by atoms with Gasteiger partial charge in [-0.05, 0) is 32.4 Å². The van der Waals surface area contributed by atoms with E-state index in [0.29, 0.717) is 12.2 Å². The van der Waals surface area contributed by atoms with Crippen molar-refractivity contribution in [3.63, 3.8) is 0 Å². The van der Waals surface area contributed by atoms with Crippen LogP contribution in [0.25, 0.3) is 0 Å². The molecule has 0 heterocycles. The van der Waals surface area contributed by atoms with Gasteiger partial charge in [-0.15, -0.1) is 0 Å². The SMILES string of the molecule is CCCNC(=O)[C@H](C)NC(=O)Nc1ccc(C)cc1. The van der Waals surface area contributed by atoms with Crippen molar-refractivity contribution in [2.24, 2.45) is 0 Å². The van der Waals surface area contributed by atoms with Gasteiger partial charge in [-0.1, -0.05) is 24.6 Å². The molecule has 0 bridgehead atoms. The van der Waals surface area contributed by atoms with Gasteiger partial charge in [0.2, 0.25) is 5.91 Å². The Bertz CT molecular complexity index is 429. The fourth-order valence-electron chi connectivity index (χ4n) is 1.47. The first-order valence-corrected chi connectivity index (χ1v) is 6.44. The van der Waals surface area contributed by atoms with Crippen LogP contribution in [0.4, 0.5) is 10.5 Å². The van der Waals surface area contributed by atoms with Crippen LogP contribution in [0.2, 0.25) is 0 Å². The van der Waals surface area contributed by atoms with E-state index in [2.05, 4.69) is 16.0 Å². The second-order valence-electron chi connectivity index (χ2n) is 4.48. The molecule has 0 unspecified atom stereocenters. The van der Waals surface area contributed by atoms with E-state index in [9.17, 15) is 9.59 Å². The molecule has 5 heteroatoms. The van der Waals surface area contributed by atoms with Gasteiger partial charge in [-0.25, -0.2) is 4.79 Å². The highest BCUT2D eigenvalue weighted by atomic mass is 16.2. The number of carbonyl (C=O) groups excluding carboxylic acids is 2. The maximum atomic E-state index is 11.7. The highest BCUT2D eigenvalue weighted by Gasteiger charge is 2.14. The van der Waals surface area contributed by atoms with Crippen LogP contribution in [0.1, 0.15) is 25.8 Å². The molecule has 0 spiro atoms. The summed E-state index contributed by atoms with van der Waals surface area (Å²) < 4.78 is 0. The molecule has 0 aliphatic rings. The predicted octanol–water partition coefficient (Wildman–Crippen LogP) is 2.03. The van der Waals surface area contributed by atoms with Gasteiger partial charge in [0.05, 0.1) is 0 Å². The number of anilines is 1. The monoisotopic (exact) mass is 263 g/mol. The minimum absolute atomic E-state index is 0.180. The third-order valence-electron chi connectivity index (χ3n) is 2.60. The van der Waals surface area contributed by atoms with Gasteiger partial charge in [0.1, 0.15) is 6.04 Å². The Morgan fingerprint density at radius 2 is 1.84 bits per heavy atom. The lowest BCUT2D eigenvalue weighted by Crippen LogP contribution is -2.46. The molecule has 0 fully saturated rings. The summed E-state index contributed by atoms with van der Waals surface area (Å²) in [5, 5.41) is 8.00. The lowest BCUT2D eigenvalue weighted by molar-refractivity contribution is -0.122. The van der Waals surface area contributed by atoms with Crippen molar-refractivity contribution in [3.8, 4) is 0 Å². The summed E-state index contributed by atoms with van der Waals surface area (Å²) in [6.45, 7) is 6.22. The average Bonchev–Trinajstić information content (AvgIpc) is 2.38. The zero-order valence-electron chi connectivity index (χ0n) is 11.6. The zero-order chi connectivity index (χ0) is 14.3. The number of rotatable bonds is 5. The van der Waals surface area contributed by atoms with E-state index < -0.39 is 6.04 Å². The van der Waals surface area contributed by atoms with Crippen molar-refractivity contribution in [3.05, 3.63) is 29.8 Å². The molecule has 1 aromatic rings. The largest absolute Gasteiger partial charge is 0.354 e. The lowest BCUT2D eigenvalue weighted by atomic mass is 10.2. The second kappa shape index (κ2) is 7.41. The van der Waals surface area contributed by atoms with Crippen molar-refractivity contribution >= 4 is 17.6 Å². The summed E-state index contributed by atoms with van der Waals surface area (Å²) >= 11 is 0. The van der Waals surface area contributed by atoms with Crippen molar-refractivity contribution in [2.45, 2.75) is 33.2 Å². The molecule has 0 aliphatic heterocycles. The van der Waals surface area contributed by atoms with Crippen molar-refractivity contribution in [2.75, 3.05) is 11.9 Å². The molecule has 1 aromatic carbocycles. The fourth-order valence-corrected chi connectivity index (χ4v) is 1.47. The van der Waals surface area contributed by atoms with Gasteiger partial charge in [0.15, 0.2) is 0 Å². The Morgan fingerprint density at radius 3 is 2.42 bits per heavy atom. The van der Waals surface area contributed by atoms with Crippen LogP contribution < -0.4 is 16.0 Å². The Kier molecular flexibility index (Phi) is 5.85. The molecule has 3 amide bonds. The van der Waals surface area contributed by atoms with E-state index in [4.69, 9.17) is 0 Å². The van der Waals surface area contributed by atoms with Crippen LogP contribution in [0.15, 0.2) is 24.3 Å². The molecule has 0 radical (unpaired) electrons. The molecule has 5 nitrogen and oxygen atoms in total. The Morgan fingerprint density at radius 1 is 1.21 bits per heavy atom. The number of amides is 3. The summed E-state index contributed by atoms with van der Waals surface area (Å²) in [4.78, 5) is 23.3. The van der Waals surface area contributed by atoms with E-state index in [1.807, 2.05) is 38.1 Å². The first-order chi connectivity index (χ1) is 9.02. The van der Waals surface area contributed by atoms with E-state index in [0.717, 1.165) is 12.0 Å². The topological polar surface area (TPSA) is 70.2 Å². The molecule has 19 heavy (non-hydrogen) atoms. The van der Waals surface area contributed by atoms with Gasteiger partial charge < -0.3 is 16.0 Å². The van der Waals surface area contributed by atoms with Crippen molar-refractivity contribution in [1.29, 1.82) is 0 Å². The quantitative estimate of drug-likeness (QED) is 0.760. The Hall–Kier alpha value is -2.04. The van der Waals surface area contributed by atoms with Crippen molar-refractivity contribution < 1.29 is 9.59 Å². The molecule has 3 N–H and O–H groups in total. The lowest BCUT2D eigenvalue weighted by Gasteiger charge is -2.14. The Labute approximate surface area is 113 Å². The zero-order valence-corrected chi connectivity index (χ0v) is 11.6. The number of nitrogens with one attached hydrogen (secondary N) is 3. The number of aryl methyl sites for hydroxylation is 1. The van der Waals surface area contributed by atoms with Crippen LogP contribution in [-0.4, -0.2) is 24.5 Å². The van der Waals surface area contributed by atoms with Gasteiger partial charge in [0, 0.05) is 12.2 Å². The maximum absolute atomic E-state index is 11.7. The summed E-state index contributed by atoms with van der Waals surface area (Å²) in [5.74, 6) is -0.180. The van der Waals surface area contributed by atoms with E-state index in [1.54, 1.807) is 6.92 Å². The van der Waals surface area contributed by atoms with Gasteiger partial charge in [0.25, 0.3) is 0 Å². The Balaban J connectivity index is 2.42. The van der Waals surface area contributed by atoms with E-state index in [-0.39, 0.29) is 11.9 Å². The van der Waals surface area contributed by atoms with Crippen LogP contribution in [0, 0.1) is 6.92 Å². The predicted molar refractivity (Wildman–Crippen MR) is 76.1 cm³/mol. The van der Waals surface area contributed by atoms with E-state index in [1.165, 1.54) is 0 Å². The number of hydrogen-bond acceptors (Lipinski definition) is 2. The van der Waals surface area contributed by atoms with Crippen LogP contribution in [0.5, 0.6) is 0 Å². The molecular weight excluding hydrogens is 242 g/mol. The maximum Gasteiger partial charge on any atom is 0.319 e. The summed E-state index contributed by atoms with van der Waals surface area (Å²) in [6, 6.07) is 6.51. The highest BCUT2D eigenvalue weighted by molar-refractivity contribution is 5.93. The first kappa shape index (κ1) is 15.0. The van der Waals surface area contributed by atoms with Crippen LogP contribution in [0.3, 0.4) is 0 Å². The second-order valence-corrected chi connectivity index (χ2v) is 4.48. The molecule has 0 aromatic heterocycles. The minimum atomic E-state index is -0.558. The average molecular weight is 263 g/mol. The molecule has 0 saturated carbocycles. The van der Waals surface area contributed by atoms with Gasteiger partial charge in [-0.3, -0.25) is 4.79 Å². The number of hydrogen-bond donors (Lipinski definition) is 3. The summed E-state index contributed by atoms with van der Waals surface area (Å²) in [7, 11) is 0. The standard InChI is InChI=1S/C14H21N3O2/c1-4-9-15-13(18)11(3)16-14(19)17-12-7-5-10(2)6-8-12/h5-8,11H,4,9H2,1-3H3,(H,15,18)(H2,16,17,19)/t11-/m0/s1. The number of urea groups is 1. The van der Waals surface area contributed by atoms with Crippen LogP contribution in [-0.2, 0) is 4.79 Å². The normalized spacial score (nSPS) is 11.5. The molecule has 0 saturated heterocycles. The molecule has 1 rings (SSSR count). The first-order valence-electron chi connectivity index (χ1n) is 6.44. The summed E-state index contributed by atoms with van der Waals surface area (Å²) in [5.41, 5.74) is 1.82. The number of benzene rings is 1. The summed E-state index contributed by atoms with van der Waals surface area (Å²) in [6.07, 6.45) is 0.869. The van der Waals surface area contributed by atoms with E-state index >= 15 is 0 Å². The highest BCUT2D eigenvalue weighted by Crippen LogP contribution is 2.08. The third-order valence-corrected chi connectivity index (χ3v) is 2.60. The molecule has 1 atom stereocenters.